The van der Waals surface area contributed by atoms with Crippen LogP contribution in [0.1, 0.15) is 39.4 Å². The fourth-order valence-electron chi connectivity index (χ4n) is 3.40. The van der Waals surface area contributed by atoms with Gasteiger partial charge in [0.1, 0.15) is 11.6 Å². The highest BCUT2D eigenvalue weighted by atomic mass is 19.1. The first-order valence-corrected chi connectivity index (χ1v) is 9.39. The number of carbonyl (C=O) groups excluding carboxylic acids is 3. The van der Waals surface area contributed by atoms with E-state index in [4.69, 9.17) is 0 Å². The number of amides is 3. The summed E-state index contributed by atoms with van der Waals surface area (Å²) in [6.45, 7) is 0.586. The average Bonchev–Trinajstić information content (AvgIpc) is 3.21. The molecule has 3 aromatic rings. The lowest BCUT2D eigenvalue weighted by atomic mass is 10.1. The molecule has 8 heteroatoms. The number of imidazole rings is 1. The molecule has 29 heavy (non-hydrogen) atoms. The Kier molecular flexibility index (Phi) is 5.07. The third-order valence-electron chi connectivity index (χ3n) is 4.84. The number of hydrogen-bond donors (Lipinski definition) is 2. The van der Waals surface area contributed by atoms with Gasteiger partial charge in [-0.2, -0.15) is 0 Å². The summed E-state index contributed by atoms with van der Waals surface area (Å²) in [5.41, 5.74) is 2.11. The van der Waals surface area contributed by atoms with Crippen molar-refractivity contribution in [2.45, 2.75) is 19.3 Å². The van der Waals surface area contributed by atoms with Crippen molar-refractivity contribution >= 4 is 28.8 Å². The summed E-state index contributed by atoms with van der Waals surface area (Å²) < 4.78 is 13.2. The Morgan fingerprint density at radius 3 is 2.55 bits per heavy atom. The lowest BCUT2D eigenvalue weighted by Gasteiger charge is -2.13. The van der Waals surface area contributed by atoms with Crippen LogP contribution in [0.2, 0.25) is 0 Å². The predicted molar refractivity (Wildman–Crippen MR) is 104 cm³/mol. The van der Waals surface area contributed by atoms with Crippen LogP contribution in [0.3, 0.4) is 0 Å². The van der Waals surface area contributed by atoms with Crippen LogP contribution < -0.4 is 5.32 Å². The van der Waals surface area contributed by atoms with Crippen LogP contribution in [0, 0.1) is 5.82 Å². The highest BCUT2D eigenvalue weighted by molar-refractivity contribution is 6.21. The van der Waals surface area contributed by atoms with Gasteiger partial charge in [-0.15, -0.1) is 0 Å². The molecule has 2 aromatic carbocycles. The molecule has 0 saturated carbocycles. The van der Waals surface area contributed by atoms with Crippen LogP contribution in [0.5, 0.6) is 0 Å². The average molecular weight is 394 g/mol. The lowest BCUT2D eigenvalue weighted by Crippen LogP contribution is -2.32. The summed E-state index contributed by atoms with van der Waals surface area (Å²) in [7, 11) is 0. The van der Waals surface area contributed by atoms with E-state index in [1.54, 1.807) is 30.3 Å². The van der Waals surface area contributed by atoms with E-state index in [1.807, 2.05) is 0 Å². The number of nitrogens with one attached hydrogen (secondary N) is 2. The van der Waals surface area contributed by atoms with Crippen molar-refractivity contribution in [1.29, 1.82) is 0 Å². The summed E-state index contributed by atoms with van der Waals surface area (Å²) in [5.74, 6) is -0.459. The van der Waals surface area contributed by atoms with E-state index >= 15 is 0 Å². The molecule has 0 unspecified atom stereocenters. The van der Waals surface area contributed by atoms with Crippen molar-refractivity contribution in [3.8, 4) is 0 Å². The van der Waals surface area contributed by atoms with Gasteiger partial charge in [-0.1, -0.05) is 12.1 Å². The smallest absolute Gasteiger partial charge is 0.261 e. The maximum Gasteiger partial charge on any atom is 0.261 e. The zero-order valence-electron chi connectivity index (χ0n) is 15.6. The second kappa shape index (κ2) is 7.83. The van der Waals surface area contributed by atoms with Gasteiger partial charge in [0.2, 0.25) is 5.91 Å². The molecule has 3 amide bonds. The molecule has 0 fully saturated rings. The van der Waals surface area contributed by atoms with Gasteiger partial charge in [0, 0.05) is 25.9 Å². The highest BCUT2D eigenvalue weighted by Crippen LogP contribution is 2.22. The maximum atomic E-state index is 13.2. The third-order valence-corrected chi connectivity index (χ3v) is 4.84. The lowest BCUT2D eigenvalue weighted by molar-refractivity contribution is -0.121. The number of hydrogen-bond acceptors (Lipinski definition) is 4. The van der Waals surface area contributed by atoms with E-state index in [0.717, 1.165) is 0 Å². The fourth-order valence-corrected chi connectivity index (χ4v) is 3.40. The molecule has 0 saturated heterocycles. The molecule has 148 valence electrons. The first-order chi connectivity index (χ1) is 14.0. The summed E-state index contributed by atoms with van der Waals surface area (Å²) in [4.78, 5) is 45.1. The van der Waals surface area contributed by atoms with Gasteiger partial charge < -0.3 is 10.3 Å². The summed E-state index contributed by atoms with van der Waals surface area (Å²) >= 11 is 0. The summed E-state index contributed by atoms with van der Waals surface area (Å²) in [6, 6.07) is 11.0. The molecular formula is C21H19FN4O3. The van der Waals surface area contributed by atoms with Crippen molar-refractivity contribution in [2.75, 3.05) is 13.1 Å². The van der Waals surface area contributed by atoms with E-state index in [-0.39, 0.29) is 36.5 Å². The van der Waals surface area contributed by atoms with Crippen molar-refractivity contribution in [1.82, 2.24) is 20.2 Å². The molecule has 0 bridgehead atoms. The standard InChI is InChI=1S/C21H19FN4O3/c22-13-7-8-16-17(12-13)25-18(24-16)9-10-23-19(27)6-3-11-26-20(28)14-4-1-2-5-15(14)21(26)29/h1-2,4-5,7-8,12H,3,6,9-11H2,(H,23,27)(H,24,25). The second-order valence-corrected chi connectivity index (χ2v) is 6.86. The molecule has 0 radical (unpaired) electrons. The molecule has 1 aliphatic rings. The Balaban J connectivity index is 1.21. The van der Waals surface area contributed by atoms with Gasteiger partial charge in [0.15, 0.2) is 0 Å². The minimum absolute atomic E-state index is 0.163. The van der Waals surface area contributed by atoms with Crippen LogP contribution in [0.15, 0.2) is 42.5 Å². The van der Waals surface area contributed by atoms with Crippen LogP contribution in [0.25, 0.3) is 11.0 Å². The number of carbonyl (C=O) groups is 3. The van der Waals surface area contributed by atoms with E-state index in [1.165, 1.54) is 17.0 Å². The largest absolute Gasteiger partial charge is 0.356 e. The number of halogens is 1. The van der Waals surface area contributed by atoms with Crippen molar-refractivity contribution in [2.24, 2.45) is 0 Å². The Morgan fingerprint density at radius 2 is 1.83 bits per heavy atom. The predicted octanol–water partition coefficient (Wildman–Crippen LogP) is 2.44. The molecule has 0 atom stereocenters. The number of aromatic nitrogens is 2. The molecule has 4 rings (SSSR count). The van der Waals surface area contributed by atoms with Gasteiger partial charge in [-0.25, -0.2) is 9.37 Å². The van der Waals surface area contributed by atoms with Gasteiger partial charge >= 0.3 is 0 Å². The Labute approximate surface area is 165 Å². The minimum Gasteiger partial charge on any atom is -0.356 e. The first-order valence-electron chi connectivity index (χ1n) is 9.39. The third kappa shape index (κ3) is 3.87. The monoisotopic (exact) mass is 394 g/mol. The van der Waals surface area contributed by atoms with E-state index < -0.39 is 0 Å². The van der Waals surface area contributed by atoms with Crippen molar-refractivity contribution < 1.29 is 18.8 Å². The zero-order valence-corrected chi connectivity index (χ0v) is 15.6. The van der Waals surface area contributed by atoms with Crippen molar-refractivity contribution in [3.63, 3.8) is 0 Å². The van der Waals surface area contributed by atoms with Gasteiger partial charge in [-0.3, -0.25) is 19.3 Å². The van der Waals surface area contributed by atoms with E-state index in [0.29, 0.717) is 47.4 Å². The summed E-state index contributed by atoms with van der Waals surface area (Å²) in [5, 5.41) is 2.79. The van der Waals surface area contributed by atoms with Crippen molar-refractivity contribution in [3.05, 3.63) is 65.2 Å². The normalized spacial score (nSPS) is 13.2. The maximum absolute atomic E-state index is 13.2. The molecule has 0 aliphatic carbocycles. The second-order valence-electron chi connectivity index (χ2n) is 6.86. The minimum atomic E-state index is -0.334. The Hall–Kier alpha value is -3.55. The molecule has 7 nitrogen and oxygen atoms in total. The van der Waals surface area contributed by atoms with Gasteiger partial charge in [0.25, 0.3) is 11.8 Å². The topological polar surface area (TPSA) is 95.2 Å². The molecule has 2 N–H and O–H groups in total. The quantitative estimate of drug-likeness (QED) is 0.602. The number of aromatic amines is 1. The van der Waals surface area contributed by atoms with E-state index in [9.17, 15) is 18.8 Å². The number of imide groups is 1. The van der Waals surface area contributed by atoms with E-state index in [2.05, 4.69) is 15.3 Å². The van der Waals surface area contributed by atoms with Crippen LogP contribution in [-0.4, -0.2) is 45.7 Å². The van der Waals surface area contributed by atoms with Crippen LogP contribution in [0.4, 0.5) is 4.39 Å². The SMILES string of the molecule is O=C(CCCN1C(=O)c2ccccc2C1=O)NCCc1nc2ccc(F)cc2[nH]1. The van der Waals surface area contributed by atoms with Gasteiger partial charge in [-0.05, 0) is 36.8 Å². The first kappa shape index (κ1) is 18.8. The van der Waals surface area contributed by atoms with Crippen LogP contribution in [-0.2, 0) is 11.2 Å². The molecule has 1 aromatic heterocycles. The number of nitrogens with zero attached hydrogens (tertiary/aromatic N) is 2. The number of benzene rings is 2. The summed E-state index contributed by atoms with van der Waals surface area (Å²) in [6.07, 6.45) is 1.08. The zero-order chi connectivity index (χ0) is 20.4. The molecule has 1 aliphatic heterocycles. The number of rotatable bonds is 7. The molecule has 2 heterocycles. The fraction of sp³-hybridized carbons (Fsp3) is 0.238. The highest BCUT2D eigenvalue weighted by Gasteiger charge is 2.34. The number of fused-ring (bicyclic) bond motifs is 2. The Morgan fingerprint density at radius 1 is 1.10 bits per heavy atom. The number of H-pyrrole nitrogens is 1. The van der Waals surface area contributed by atoms with Crippen LogP contribution >= 0.6 is 0 Å². The van der Waals surface area contributed by atoms with Gasteiger partial charge in [0.05, 0.1) is 22.2 Å². The molecule has 0 spiro atoms. The Bertz CT molecular complexity index is 1070. The molecular weight excluding hydrogens is 375 g/mol.